The predicted molar refractivity (Wildman–Crippen MR) is 73.0 cm³/mol. The minimum Gasteiger partial charge on any atom is -0.475 e. The molecule has 7 heteroatoms. The molecule has 6 nitrogen and oxygen atoms in total. The van der Waals surface area contributed by atoms with Crippen molar-refractivity contribution in [3.63, 3.8) is 0 Å². The lowest BCUT2D eigenvalue weighted by molar-refractivity contribution is 0.0682. The summed E-state index contributed by atoms with van der Waals surface area (Å²) < 4.78 is 7.25. The van der Waals surface area contributed by atoms with E-state index in [0.29, 0.717) is 16.4 Å². The summed E-state index contributed by atoms with van der Waals surface area (Å²) in [6, 6.07) is 9.50. The van der Waals surface area contributed by atoms with E-state index in [1.807, 2.05) is 35.7 Å². The number of thiazole rings is 1. The molecule has 4 aromatic rings. The van der Waals surface area contributed by atoms with E-state index in [0.717, 1.165) is 11.0 Å². The number of rotatable bonds is 2. The van der Waals surface area contributed by atoms with Crippen LogP contribution in [0, 0.1) is 0 Å². The highest BCUT2D eigenvalue weighted by atomic mass is 32.1. The normalized spacial score (nSPS) is 11.4. The molecule has 0 spiro atoms. The van der Waals surface area contributed by atoms with E-state index in [1.54, 1.807) is 0 Å². The van der Waals surface area contributed by atoms with Gasteiger partial charge in [-0.1, -0.05) is 18.2 Å². The van der Waals surface area contributed by atoms with Crippen LogP contribution in [0.3, 0.4) is 0 Å². The number of hydrogen-bond acceptors (Lipinski definition) is 5. The van der Waals surface area contributed by atoms with Crippen LogP contribution in [0.1, 0.15) is 10.6 Å². The summed E-state index contributed by atoms with van der Waals surface area (Å²) in [4.78, 5) is 11.7. The maximum atomic E-state index is 11.2. The Morgan fingerprint density at radius 1 is 1.30 bits per heavy atom. The van der Waals surface area contributed by atoms with E-state index in [-0.39, 0.29) is 5.82 Å². The molecule has 1 N–H and O–H groups in total. The molecule has 0 atom stereocenters. The van der Waals surface area contributed by atoms with Crippen molar-refractivity contribution in [2.75, 3.05) is 0 Å². The summed E-state index contributed by atoms with van der Waals surface area (Å²) >= 11 is 1.32. The van der Waals surface area contributed by atoms with E-state index in [4.69, 9.17) is 9.52 Å². The Morgan fingerprint density at radius 3 is 2.95 bits per heavy atom. The van der Waals surface area contributed by atoms with E-state index in [1.165, 1.54) is 15.7 Å². The van der Waals surface area contributed by atoms with Crippen molar-refractivity contribution in [3.8, 4) is 11.5 Å². The van der Waals surface area contributed by atoms with Crippen molar-refractivity contribution < 1.29 is 14.3 Å². The molecule has 20 heavy (non-hydrogen) atoms. The van der Waals surface area contributed by atoms with Gasteiger partial charge in [0.05, 0.1) is 0 Å². The standard InChI is InChI=1S/C13H7N3O3S/c17-12(18)11-14-15-13-16(11)8(6-20-13)10-5-7-3-1-2-4-9(7)19-10/h1-6H,(H,17,18). The van der Waals surface area contributed by atoms with Gasteiger partial charge < -0.3 is 9.52 Å². The summed E-state index contributed by atoms with van der Waals surface area (Å²) in [5, 5.41) is 19.5. The maximum absolute atomic E-state index is 11.2. The van der Waals surface area contributed by atoms with Gasteiger partial charge in [-0.25, -0.2) is 4.79 Å². The zero-order chi connectivity index (χ0) is 13.7. The maximum Gasteiger partial charge on any atom is 0.374 e. The number of aromatic nitrogens is 3. The first-order valence-corrected chi connectivity index (χ1v) is 6.67. The highest BCUT2D eigenvalue weighted by molar-refractivity contribution is 7.15. The predicted octanol–water partition coefficient (Wildman–Crippen LogP) is 2.90. The molecule has 0 aliphatic rings. The van der Waals surface area contributed by atoms with Gasteiger partial charge >= 0.3 is 5.97 Å². The molecule has 4 rings (SSSR count). The van der Waals surface area contributed by atoms with Crippen molar-refractivity contribution in [2.45, 2.75) is 0 Å². The van der Waals surface area contributed by atoms with Gasteiger partial charge in [-0.05, 0) is 12.1 Å². The third-order valence-electron chi connectivity index (χ3n) is 3.02. The van der Waals surface area contributed by atoms with Crippen LogP contribution in [-0.4, -0.2) is 25.7 Å². The van der Waals surface area contributed by atoms with E-state index in [9.17, 15) is 4.79 Å². The lowest BCUT2D eigenvalue weighted by atomic mass is 10.2. The molecule has 3 heterocycles. The van der Waals surface area contributed by atoms with Crippen molar-refractivity contribution in [2.24, 2.45) is 0 Å². The molecule has 0 radical (unpaired) electrons. The number of para-hydroxylation sites is 1. The number of hydrogen-bond donors (Lipinski definition) is 1. The molecule has 0 saturated carbocycles. The first kappa shape index (κ1) is 11.2. The Bertz CT molecular complexity index is 917. The summed E-state index contributed by atoms with van der Waals surface area (Å²) in [5.41, 5.74) is 1.40. The third kappa shape index (κ3) is 1.47. The van der Waals surface area contributed by atoms with Crippen molar-refractivity contribution >= 4 is 33.2 Å². The lowest BCUT2D eigenvalue weighted by Crippen LogP contribution is -2.03. The largest absolute Gasteiger partial charge is 0.475 e. The quantitative estimate of drug-likeness (QED) is 0.612. The molecule has 98 valence electrons. The second-order valence-corrected chi connectivity index (χ2v) is 5.05. The van der Waals surface area contributed by atoms with Gasteiger partial charge in [-0.2, -0.15) is 0 Å². The topological polar surface area (TPSA) is 80.6 Å². The fraction of sp³-hybridized carbons (Fsp3) is 0. The van der Waals surface area contributed by atoms with Crippen LogP contribution in [-0.2, 0) is 0 Å². The van der Waals surface area contributed by atoms with Crippen LogP contribution in [0.4, 0.5) is 0 Å². The molecule has 3 aromatic heterocycles. The molecule has 0 fully saturated rings. The SMILES string of the molecule is O=C(O)c1nnc2scc(-c3cc4ccccc4o3)n12. The number of furan rings is 1. The Labute approximate surface area is 115 Å². The number of carboxylic acid groups (broad SMARTS) is 1. The summed E-state index contributed by atoms with van der Waals surface area (Å²) in [7, 11) is 0. The smallest absolute Gasteiger partial charge is 0.374 e. The highest BCUT2D eigenvalue weighted by Gasteiger charge is 2.20. The third-order valence-corrected chi connectivity index (χ3v) is 3.84. The summed E-state index contributed by atoms with van der Waals surface area (Å²) in [5.74, 6) is -0.635. The molecule has 0 unspecified atom stereocenters. The number of carbonyl (C=O) groups is 1. The van der Waals surface area contributed by atoms with Gasteiger partial charge in [0.2, 0.25) is 10.8 Å². The van der Waals surface area contributed by atoms with Crippen LogP contribution in [0.2, 0.25) is 0 Å². The van der Waals surface area contributed by atoms with E-state index < -0.39 is 5.97 Å². The first-order valence-electron chi connectivity index (χ1n) is 5.79. The van der Waals surface area contributed by atoms with E-state index in [2.05, 4.69) is 10.2 Å². The Balaban J connectivity index is 2.01. The fourth-order valence-corrected chi connectivity index (χ4v) is 2.96. The number of carboxylic acids is 1. The van der Waals surface area contributed by atoms with Crippen LogP contribution in [0.15, 0.2) is 40.1 Å². The second kappa shape index (κ2) is 3.91. The zero-order valence-corrected chi connectivity index (χ0v) is 10.8. The van der Waals surface area contributed by atoms with Crippen LogP contribution in [0.5, 0.6) is 0 Å². The van der Waals surface area contributed by atoms with Crippen LogP contribution < -0.4 is 0 Å². The van der Waals surface area contributed by atoms with Crippen LogP contribution in [0.25, 0.3) is 27.4 Å². The molecule has 0 bridgehead atoms. The minimum atomic E-state index is -1.12. The Hall–Kier alpha value is -2.67. The fourth-order valence-electron chi connectivity index (χ4n) is 2.14. The highest BCUT2D eigenvalue weighted by Crippen LogP contribution is 2.31. The van der Waals surface area contributed by atoms with Crippen molar-refractivity contribution in [1.29, 1.82) is 0 Å². The lowest BCUT2D eigenvalue weighted by Gasteiger charge is -1.95. The second-order valence-electron chi connectivity index (χ2n) is 4.22. The molecule has 0 amide bonds. The Kier molecular flexibility index (Phi) is 2.19. The first-order chi connectivity index (χ1) is 9.74. The number of fused-ring (bicyclic) bond motifs is 2. The monoisotopic (exact) mass is 285 g/mol. The van der Waals surface area contributed by atoms with Gasteiger partial charge in [-0.15, -0.1) is 21.5 Å². The number of benzene rings is 1. The number of aromatic carboxylic acids is 1. The van der Waals surface area contributed by atoms with Gasteiger partial charge in [0.1, 0.15) is 11.3 Å². The summed E-state index contributed by atoms with van der Waals surface area (Å²) in [6.07, 6.45) is 0. The average Bonchev–Trinajstić information content (AvgIpc) is 3.11. The molecule has 0 aliphatic heterocycles. The van der Waals surface area contributed by atoms with E-state index >= 15 is 0 Å². The van der Waals surface area contributed by atoms with Gasteiger partial charge in [-0.3, -0.25) is 4.40 Å². The van der Waals surface area contributed by atoms with Crippen molar-refractivity contribution in [3.05, 3.63) is 41.5 Å². The minimum absolute atomic E-state index is 0.114. The zero-order valence-electron chi connectivity index (χ0n) is 9.98. The molecular formula is C13H7N3O3S. The Morgan fingerprint density at radius 2 is 2.15 bits per heavy atom. The molecule has 0 aliphatic carbocycles. The van der Waals surface area contributed by atoms with Gasteiger partial charge in [0.25, 0.3) is 0 Å². The molecule has 0 saturated heterocycles. The van der Waals surface area contributed by atoms with Crippen molar-refractivity contribution in [1.82, 2.24) is 14.6 Å². The number of nitrogens with zero attached hydrogens (tertiary/aromatic N) is 3. The van der Waals surface area contributed by atoms with Crippen LogP contribution >= 0.6 is 11.3 Å². The average molecular weight is 285 g/mol. The summed E-state index contributed by atoms with van der Waals surface area (Å²) in [6.45, 7) is 0. The van der Waals surface area contributed by atoms with Gasteiger partial charge in [0.15, 0.2) is 5.76 Å². The molecule has 1 aromatic carbocycles. The van der Waals surface area contributed by atoms with Gasteiger partial charge in [0, 0.05) is 10.8 Å². The molecular weight excluding hydrogens is 278 g/mol.